The summed E-state index contributed by atoms with van der Waals surface area (Å²) < 4.78 is 0. The van der Waals surface area contributed by atoms with Crippen molar-refractivity contribution in [3.05, 3.63) is 0 Å². The average molecular weight is 249 g/mol. The standard InChI is InChI=1S/C15H27N3/c1-15(2,13-16)7-3-4-8-17-9-11-18(12-10-17)14-5-6-14/h14H,3-12H2,1-2H3. The first kappa shape index (κ1) is 13.8. The Kier molecular flexibility index (Phi) is 4.64. The van der Waals surface area contributed by atoms with E-state index in [0.29, 0.717) is 0 Å². The van der Waals surface area contributed by atoms with Crippen LogP contribution in [-0.4, -0.2) is 48.6 Å². The van der Waals surface area contributed by atoms with Crippen molar-refractivity contribution in [3.8, 4) is 6.07 Å². The van der Waals surface area contributed by atoms with Crippen LogP contribution in [0.1, 0.15) is 46.0 Å². The molecule has 0 unspecified atom stereocenters. The van der Waals surface area contributed by atoms with Gasteiger partial charge >= 0.3 is 0 Å². The fraction of sp³-hybridized carbons (Fsp3) is 0.933. The first-order chi connectivity index (χ1) is 8.61. The molecular formula is C15H27N3. The second-order valence-corrected chi connectivity index (χ2v) is 6.56. The summed E-state index contributed by atoms with van der Waals surface area (Å²) in [6.07, 6.45) is 6.33. The van der Waals surface area contributed by atoms with Crippen molar-refractivity contribution in [1.82, 2.24) is 9.80 Å². The van der Waals surface area contributed by atoms with Crippen LogP contribution in [0, 0.1) is 16.7 Å². The summed E-state index contributed by atoms with van der Waals surface area (Å²) in [5.74, 6) is 0. The van der Waals surface area contributed by atoms with E-state index in [1.54, 1.807) is 0 Å². The minimum atomic E-state index is -0.134. The number of rotatable bonds is 6. The molecule has 0 radical (unpaired) electrons. The van der Waals surface area contributed by atoms with Crippen LogP contribution >= 0.6 is 0 Å². The highest BCUT2D eigenvalue weighted by Crippen LogP contribution is 2.27. The van der Waals surface area contributed by atoms with Gasteiger partial charge in [0.05, 0.1) is 11.5 Å². The highest BCUT2D eigenvalue weighted by atomic mass is 15.3. The number of nitrogens with zero attached hydrogens (tertiary/aromatic N) is 3. The van der Waals surface area contributed by atoms with Crippen LogP contribution < -0.4 is 0 Å². The smallest absolute Gasteiger partial charge is 0.0683 e. The summed E-state index contributed by atoms with van der Waals surface area (Å²) in [7, 11) is 0. The van der Waals surface area contributed by atoms with E-state index in [-0.39, 0.29) is 5.41 Å². The topological polar surface area (TPSA) is 30.3 Å². The van der Waals surface area contributed by atoms with Gasteiger partial charge in [0.25, 0.3) is 0 Å². The van der Waals surface area contributed by atoms with Gasteiger partial charge in [-0.2, -0.15) is 5.26 Å². The molecule has 1 heterocycles. The first-order valence-electron chi connectivity index (χ1n) is 7.48. The first-order valence-corrected chi connectivity index (χ1v) is 7.48. The molecule has 0 amide bonds. The molecule has 2 fully saturated rings. The summed E-state index contributed by atoms with van der Waals surface area (Å²) in [4.78, 5) is 5.26. The lowest BCUT2D eigenvalue weighted by molar-refractivity contribution is 0.124. The molecule has 0 bridgehead atoms. The Morgan fingerprint density at radius 1 is 1.11 bits per heavy atom. The van der Waals surface area contributed by atoms with E-state index in [9.17, 15) is 0 Å². The van der Waals surface area contributed by atoms with Crippen molar-refractivity contribution in [3.63, 3.8) is 0 Å². The highest BCUT2D eigenvalue weighted by molar-refractivity contribution is 4.91. The van der Waals surface area contributed by atoms with Gasteiger partial charge < -0.3 is 4.90 Å². The van der Waals surface area contributed by atoms with E-state index >= 15 is 0 Å². The SMILES string of the molecule is CC(C)(C#N)CCCCN1CCN(C2CC2)CC1. The Morgan fingerprint density at radius 3 is 2.33 bits per heavy atom. The van der Waals surface area contributed by atoms with E-state index < -0.39 is 0 Å². The molecule has 0 atom stereocenters. The van der Waals surface area contributed by atoms with Gasteiger partial charge in [0.1, 0.15) is 0 Å². The number of hydrogen-bond acceptors (Lipinski definition) is 3. The number of unbranched alkanes of at least 4 members (excludes halogenated alkanes) is 1. The van der Waals surface area contributed by atoms with E-state index in [4.69, 9.17) is 5.26 Å². The number of nitriles is 1. The third-order valence-electron chi connectivity index (χ3n) is 4.30. The minimum Gasteiger partial charge on any atom is -0.301 e. The predicted octanol–water partition coefficient (Wildman–Crippen LogP) is 2.49. The van der Waals surface area contributed by atoms with E-state index in [1.165, 1.54) is 58.4 Å². The van der Waals surface area contributed by atoms with Gasteiger partial charge in [-0.3, -0.25) is 4.90 Å². The Balaban J connectivity index is 1.54. The number of hydrogen-bond donors (Lipinski definition) is 0. The number of piperazine rings is 1. The van der Waals surface area contributed by atoms with Crippen molar-refractivity contribution >= 4 is 0 Å². The molecule has 102 valence electrons. The second kappa shape index (κ2) is 6.04. The summed E-state index contributed by atoms with van der Waals surface area (Å²) in [6, 6.07) is 3.32. The van der Waals surface area contributed by atoms with E-state index in [2.05, 4.69) is 15.9 Å². The van der Waals surface area contributed by atoms with Crippen LogP contribution in [0.25, 0.3) is 0 Å². The van der Waals surface area contributed by atoms with E-state index in [0.717, 1.165) is 12.5 Å². The normalized spacial score (nSPS) is 22.9. The van der Waals surface area contributed by atoms with Crippen LogP contribution in [0.2, 0.25) is 0 Å². The Labute approximate surface area is 112 Å². The molecule has 1 aliphatic carbocycles. The zero-order valence-corrected chi connectivity index (χ0v) is 12.0. The van der Waals surface area contributed by atoms with Crippen molar-refractivity contribution in [1.29, 1.82) is 5.26 Å². The average Bonchev–Trinajstić information content (AvgIpc) is 3.20. The Bertz CT molecular complexity index is 293. The van der Waals surface area contributed by atoms with Crippen LogP contribution in [0.15, 0.2) is 0 Å². The molecule has 0 aromatic rings. The van der Waals surface area contributed by atoms with Gasteiger partial charge in [-0.1, -0.05) is 6.42 Å². The largest absolute Gasteiger partial charge is 0.301 e. The lowest BCUT2D eigenvalue weighted by Crippen LogP contribution is -2.47. The maximum absolute atomic E-state index is 8.96. The molecule has 0 N–H and O–H groups in total. The minimum absolute atomic E-state index is 0.134. The molecule has 1 saturated heterocycles. The molecule has 0 spiro atoms. The predicted molar refractivity (Wildman–Crippen MR) is 74.3 cm³/mol. The quantitative estimate of drug-likeness (QED) is 0.678. The fourth-order valence-corrected chi connectivity index (χ4v) is 2.75. The molecular weight excluding hydrogens is 222 g/mol. The maximum Gasteiger partial charge on any atom is 0.0683 e. The molecule has 0 aromatic carbocycles. The molecule has 2 rings (SSSR count). The lowest BCUT2D eigenvalue weighted by atomic mass is 9.89. The molecule has 18 heavy (non-hydrogen) atoms. The van der Waals surface area contributed by atoms with Crippen LogP contribution in [0.4, 0.5) is 0 Å². The third-order valence-corrected chi connectivity index (χ3v) is 4.30. The Hall–Kier alpha value is -0.590. The molecule has 3 heteroatoms. The molecule has 1 aliphatic heterocycles. The summed E-state index contributed by atoms with van der Waals surface area (Å²) in [5.41, 5.74) is -0.134. The van der Waals surface area contributed by atoms with Gasteiger partial charge in [0.15, 0.2) is 0 Å². The molecule has 3 nitrogen and oxygen atoms in total. The zero-order chi connectivity index (χ0) is 13.0. The van der Waals surface area contributed by atoms with Crippen LogP contribution in [-0.2, 0) is 0 Å². The molecule has 1 saturated carbocycles. The maximum atomic E-state index is 8.96. The van der Waals surface area contributed by atoms with Crippen molar-refractivity contribution in [2.75, 3.05) is 32.7 Å². The van der Waals surface area contributed by atoms with Crippen LogP contribution in [0.5, 0.6) is 0 Å². The van der Waals surface area contributed by atoms with E-state index in [1.807, 2.05) is 13.8 Å². The second-order valence-electron chi connectivity index (χ2n) is 6.56. The molecule has 2 aliphatic rings. The summed E-state index contributed by atoms with van der Waals surface area (Å²) in [5, 5.41) is 8.96. The zero-order valence-electron chi connectivity index (χ0n) is 12.0. The summed E-state index contributed by atoms with van der Waals surface area (Å²) >= 11 is 0. The lowest BCUT2D eigenvalue weighted by Gasteiger charge is -2.34. The van der Waals surface area contributed by atoms with Gasteiger partial charge in [-0.25, -0.2) is 0 Å². The highest BCUT2D eigenvalue weighted by Gasteiger charge is 2.30. The third kappa shape index (κ3) is 4.26. The van der Waals surface area contributed by atoms with Crippen molar-refractivity contribution in [2.45, 2.75) is 52.0 Å². The van der Waals surface area contributed by atoms with Gasteiger partial charge in [-0.15, -0.1) is 0 Å². The van der Waals surface area contributed by atoms with Gasteiger partial charge in [0.2, 0.25) is 0 Å². The van der Waals surface area contributed by atoms with Crippen molar-refractivity contribution < 1.29 is 0 Å². The van der Waals surface area contributed by atoms with Crippen molar-refractivity contribution in [2.24, 2.45) is 5.41 Å². The van der Waals surface area contributed by atoms with Gasteiger partial charge in [-0.05, 0) is 46.1 Å². The van der Waals surface area contributed by atoms with Gasteiger partial charge in [0, 0.05) is 32.2 Å². The molecule has 0 aromatic heterocycles. The monoisotopic (exact) mass is 249 g/mol. The fourth-order valence-electron chi connectivity index (χ4n) is 2.75. The van der Waals surface area contributed by atoms with Crippen LogP contribution in [0.3, 0.4) is 0 Å². The Morgan fingerprint density at radius 2 is 1.78 bits per heavy atom. The summed E-state index contributed by atoms with van der Waals surface area (Å²) in [6.45, 7) is 10.3.